The molecule has 0 aliphatic heterocycles. The number of hydrogen-bond donors (Lipinski definition) is 2. The van der Waals surface area contributed by atoms with Crippen LogP contribution in [0.15, 0.2) is 0 Å². The maximum atomic E-state index is 8.99. The number of hydrogen-bond acceptors (Lipinski definition) is 6. The van der Waals surface area contributed by atoms with E-state index in [2.05, 4.69) is 5.32 Å². The molecule has 1 aliphatic carbocycles. The fraction of sp³-hybridized carbons (Fsp3) is 0.500. The summed E-state index contributed by atoms with van der Waals surface area (Å²) in [7, 11) is 0. The standard InChI is InChI=1S/C12H14N4OS/c13-5-9-11(15)10(6-14)18-12(9)16-3-4-17-7-8-1-2-8/h8,16H,1-4,7,15H2. The van der Waals surface area contributed by atoms with Crippen molar-refractivity contribution < 1.29 is 4.74 Å². The molecule has 1 fully saturated rings. The molecule has 2 rings (SSSR count). The smallest absolute Gasteiger partial charge is 0.131 e. The number of nitrogens with two attached hydrogens (primary N) is 1. The van der Waals surface area contributed by atoms with Crippen LogP contribution in [-0.4, -0.2) is 19.8 Å². The molecule has 0 saturated heterocycles. The van der Waals surface area contributed by atoms with Crippen LogP contribution in [0, 0.1) is 28.6 Å². The van der Waals surface area contributed by atoms with Crippen molar-refractivity contribution in [2.24, 2.45) is 5.92 Å². The highest BCUT2D eigenvalue weighted by Crippen LogP contribution is 2.34. The maximum Gasteiger partial charge on any atom is 0.131 e. The molecule has 18 heavy (non-hydrogen) atoms. The molecular weight excluding hydrogens is 248 g/mol. The van der Waals surface area contributed by atoms with E-state index in [1.807, 2.05) is 12.1 Å². The van der Waals surface area contributed by atoms with Crippen LogP contribution in [-0.2, 0) is 4.74 Å². The molecule has 0 atom stereocenters. The summed E-state index contributed by atoms with van der Waals surface area (Å²) < 4.78 is 5.48. The van der Waals surface area contributed by atoms with E-state index in [-0.39, 0.29) is 5.69 Å². The van der Waals surface area contributed by atoms with Gasteiger partial charge in [-0.15, -0.1) is 11.3 Å². The number of thiophene rings is 1. The van der Waals surface area contributed by atoms with Crippen molar-refractivity contribution in [2.45, 2.75) is 12.8 Å². The van der Waals surface area contributed by atoms with E-state index in [9.17, 15) is 0 Å². The molecule has 0 aromatic carbocycles. The molecule has 0 spiro atoms. The summed E-state index contributed by atoms with van der Waals surface area (Å²) in [4.78, 5) is 0.382. The van der Waals surface area contributed by atoms with Gasteiger partial charge in [-0.25, -0.2) is 0 Å². The first-order valence-electron chi connectivity index (χ1n) is 5.80. The van der Waals surface area contributed by atoms with E-state index in [1.54, 1.807) is 0 Å². The Kier molecular flexibility index (Phi) is 4.03. The van der Waals surface area contributed by atoms with E-state index in [0.717, 1.165) is 12.5 Å². The average molecular weight is 262 g/mol. The fourth-order valence-corrected chi connectivity index (χ4v) is 2.43. The fourth-order valence-electron chi connectivity index (χ4n) is 1.53. The number of nitrogen functional groups attached to an aromatic ring is 1. The molecule has 0 unspecified atom stereocenters. The summed E-state index contributed by atoms with van der Waals surface area (Å²) >= 11 is 1.21. The Morgan fingerprint density at radius 3 is 2.78 bits per heavy atom. The predicted molar refractivity (Wildman–Crippen MR) is 70.2 cm³/mol. The van der Waals surface area contributed by atoms with Crippen molar-refractivity contribution in [1.82, 2.24) is 0 Å². The lowest BCUT2D eigenvalue weighted by Gasteiger charge is -2.05. The van der Waals surface area contributed by atoms with Crippen LogP contribution in [0.3, 0.4) is 0 Å². The van der Waals surface area contributed by atoms with Crippen LogP contribution in [0.25, 0.3) is 0 Å². The van der Waals surface area contributed by atoms with Gasteiger partial charge in [0.2, 0.25) is 0 Å². The number of anilines is 2. The van der Waals surface area contributed by atoms with Gasteiger partial charge in [0.1, 0.15) is 27.6 Å². The van der Waals surface area contributed by atoms with Gasteiger partial charge in [0.15, 0.2) is 0 Å². The van der Waals surface area contributed by atoms with Gasteiger partial charge in [0, 0.05) is 13.2 Å². The molecule has 1 aromatic heterocycles. The van der Waals surface area contributed by atoms with Crippen molar-refractivity contribution in [2.75, 3.05) is 30.8 Å². The number of nitrogens with zero attached hydrogens (tertiary/aromatic N) is 2. The van der Waals surface area contributed by atoms with Crippen molar-refractivity contribution >= 4 is 22.0 Å². The highest BCUT2D eigenvalue weighted by molar-refractivity contribution is 7.17. The van der Waals surface area contributed by atoms with Gasteiger partial charge < -0.3 is 15.8 Å². The average Bonchev–Trinajstić information content (AvgIpc) is 3.14. The van der Waals surface area contributed by atoms with Crippen LogP contribution < -0.4 is 11.1 Å². The summed E-state index contributed by atoms with van der Waals surface area (Å²) in [5.41, 5.74) is 6.33. The Hall–Kier alpha value is -1.76. The molecular formula is C12H14N4OS. The third-order valence-electron chi connectivity index (χ3n) is 2.74. The lowest BCUT2D eigenvalue weighted by Crippen LogP contribution is -2.10. The minimum atomic E-state index is 0.270. The number of ether oxygens (including phenoxy) is 1. The van der Waals surface area contributed by atoms with Crippen molar-refractivity contribution in [3.8, 4) is 12.1 Å². The van der Waals surface area contributed by atoms with Crippen LogP contribution in [0.4, 0.5) is 10.7 Å². The number of nitrogens with one attached hydrogen (secondary N) is 1. The first-order valence-corrected chi connectivity index (χ1v) is 6.62. The minimum absolute atomic E-state index is 0.270. The summed E-state index contributed by atoms with van der Waals surface area (Å²) in [6, 6.07) is 4.00. The highest BCUT2D eigenvalue weighted by Gasteiger charge is 2.21. The second kappa shape index (κ2) is 5.72. The Balaban J connectivity index is 1.84. The van der Waals surface area contributed by atoms with Gasteiger partial charge in [-0.05, 0) is 18.8 Å². The van der Waals surface area contributed by atoms with Crippen LogP contribution in [0.2, 0.25) is 0 Å². The quantitative estimate of drug-likeness (QED) is 0.763. The van der Waals surface area contributed by atoms with E-state index in [4.69, 9.17) is 21.0 Å². The molecule has 0 bridgehead atoms. The Labute approximate surface area is 110 Å². The number of rotatable bonds is 6. The SMILES string of the molecule is N#Cc1sc(NCCOCC2CC2)c(C#N)c1N. The van der Waals surface area contributed by atoms with Gasteiger partial charge >= 0.3 is 0 Å². The third-order valence-corrected chi connectivity index (χ3v) is 3.81. The zero-order valence-electron chi connectivity index (χ0n) is 9.90. The summed E-state index contributed by atoms with van der Waals surface area (Å²) in [6.45, 7) is 2.04. The molecule has 1 aliphatic rings. The van der Waals surface area contributed by atoms with E-state index in [1.165, 1.54) is 24.2 Å². The highest BCUT2D eigenvalue weighted by atomic mass is 32.1. The Morgan fingerprint density at radius 1 is 1.39 bits per heavy atom. The third kappa shape index (κ3) is 2.92. The Morgan fingerprint density at radius 2 is 2.17 bits per heavy atom. The molecule has 5 nitrogen and oxygen atoms in total. The van der Waals surface area contributed by atoms with E-state index < -0.39 is 0 Å². The summed E-state index contributed by atoms with van der Waals surface area (Å²) in [6.07, 6.45) is 2.55. The lowest BCUT2D eigenvalue weighted by molar-refractivity contribution is 0.134. The number of nitriles is 2. The molecule has 6 heteroatoms. The molecule has 0 radical (unpaired) electrons. The van der Waals surface area contributed by atoms with Gasteiger partial charge in [-0.2, -0.15) is 10.5 Å². The van der Waals surface area contributed by atoms with Crippen LogP contribution in [0.1, 0.15) is 23.3 Å². The van der Waals surface area contributed by atoms with Gasteiger partial charge in [0.25, 0.3) is 0 Å². The van der Waals surface area contributed by atoms with Gasteiger partial charge in [0.05, 0.1) is 12.3 Å². The topological polar surface area (TPSA) is 94.9 Å². The van der Waals surface area contributed by atoms with Gasteiger partial charge in [-0.3, -0.25) is 0 Å². The maximum absolute atomic E-state index is 8.99. The molecule has 94 valence electrons. The minimum Gasteiger partial charge on any atom is -0.396 e. The predicted octanol–water partition coefficient (Wildman–Crippen LogP) is 1.91. The molecule has 1 heterocycles. The summed E-state index contributed by atoms with van der Waals surface area (Å²) in [5, 5.41) is 21.6. The van der Waals surface area contributed by atoms with Crippen LogP contribution in [0.5, 0.6) is 0 Å². The second-order valence-electron chi connectivity index (χ2n) is 4.22. The largest absolute Gasteiger partial charge is 0.396 e. The molecule has 1 saturated carbocycles. The van der Waals surface area contributed by atoms with Crippen molar-refractivity contribution in [3.05, 3.63) is 10.4 Å². The Bertz CT molecular complexity index is 507. The first-order chi connectivity index (χ1) is 8.76. The first kappa shape index (κ1) is 12.7. The van der Waals surface area contributed by atoms with Crippen LogP contribution >= 0.6 is 11.3 Å². The van der Waals surface area contributed by atoms with E-state index in [0.29, 0.717) is 28.6 Å². The molecule has 0 amide bonds. The second-order valence-corrected chi connectivity index (χ2v) is 5.24. The van der Waals surface area contributed by atoms with Crippen molar-refractivity contribution in [3.63, 3.8) is 0 Å². The van der Waals surface area contributed by atoms with E-state index >= 15 is 0 Å². The zero-order valence-corrected chi connectivity index (χ0v) is 10.7. The normalized spacial score (nSPS) is 13.9. The van der Waals surface area contributed by atoms with Crippen molar-refractivity contribution in [1.29, 1.82) is 10.5 Å². The molecule has 1 aromatic rings. The zero-order chi connectivity index (χ0) is 13.0. The van der Waals surface area contributed by atoms with Gasteiger partial charge in [-0.1, -0.05) is 0 Å². The summed E-state index contributed by atoms with van der Waals surface area (Å²) in [5.74, 6) is 0.752. The monoisotopic (exact) mass is 262 g/mol. The lowest BCUT2D eigenvalue weighted by atomic mass is 10.2. The molecule has 3 N–H and O–H groups in total.